The molecule has 2 N–H and O–H groups in total. The Balaban J connectivity index is 2.46. The molecule has 2 nitrogen and oxygen atoms in total. The molecule has 96 valence electrons. The van der Waals surface area contributed by atoms with Gasteiger partial charge in [-0.1, -0.05) is 29.9 Å². The summed E-state index contributed by atoms with van der Waals surface area (Å²) in [6.45, 7) is 6.55. The largest absolute Gasteiger partial charge is 0.396 e. The fourth-order valence-corrected chi connectivity index (χ4v) is 2.26. The molecular formula is C15H25NO. The second-order valence-electron chi connectivity index (χ2n) is 4.95. The van der Waals surface area contributed by atoms with E-state index in [-0.39, 0.29) is 6.61 Å². The quantitative estimate of drug-likeness (QED) is 0.741. The first-order valence-electron chi connectivity index (χ1n) is 6.50. The van der Waals surface area contributed by atoms with Crippen molar-refractivity contribution in [2.24, 2.45) is 11.8 Å². The Hall–Kier alpha value is -1.02. The Morgan fingerprint density at radius 2 is 2.35 bits per heavy atom. The summed E-state index contributed by atoms with van der Waals surface area (Å²) in [4.78, 5) is 0. The average Bonchev–Trinajstić information content (AvgIpc) is 2.34. The van der Waals surface area contributed by atoms with Crippen LogP contribution in [-0.4, -0.2) is 17.8 Å². The van der Waals surface area contributed by atoms with Gasteiger partial charge in [-0.05, 0) is 51.6 Å². The Morgan fingerprint density at radius 1 is 1.59 bits per heavy atom. The lowest BCUT2D eigenvalue weighted by Crippen LogP contribution is -2.28. The second-order valence-corrected chi connectivity index (χ2v) is 4.95. The Bertz CT molecular complexity index is 304. The van der Waals surface area contributed by atoms with Crippen LogP contribution in [0.1, 0.15) is 33.6 Å². The van der Waals surface area contributed by atoms with Crippen molar-refractivity contribution < 1.29 is 5.11 Å². The van der Waals surface area contributed by atoms with Crippen LogP contribution < -0.4 is 5.32 Å². The second kappa shape index (κ2) is 7.33. The van der Waals surface area contributed by atoms with Gasteiger partial charge in [0.25, 0.3) is 0 Å². The lowest BCUT2D eigenvalue weighted by atomic mass is 9.82. The van der Waals surface area contributed by atoms with Crippen LogP contribution in [0.4, 0.5) is 0 Å². The van der Waals surface area contributed by atoms with E-state index in [0.29, 0.717) is 17.9 Å². The van der Waals surface area contributed by atoms with E-state index in [1.165, 1.54) is 5.57 Å². The van der Waals surface area contributed by atoms with Gasteiger partial charge < -0.3 is 10.4 Å². The molecule has 0 bridgehead atoms. The van der Waals surface area contributed by atoms with Gasteiger partial charge in [0.05, 0.1) is 0 Å². The van der Waals surface area contributed by atoms with Crippen molar-refractivity contribution in [3.8, 4) is 0 Å². The zero-order valence-electron chi connectivity index (χ0n) is 11.2. The van der Waals surface area contributed by atoms with E-state index in [9.17, 15) is 5.11 Å². The standard InChI is InChI=1S/C15H25NO/c1-4-9-16-13(3)10-15(11-17)14-7-5-12(2)6-8-14/h4-7,9,13-17H,8,10-11H2,1-3H3/b9-4-. The summed E-state index contributed by atoms with van der Waals surface area (Å²) < 4.78 is 0. The van der Waals surface area contributed by atoms with Crippen molar-refractivity contribution in [1.29, 1.82) is 0 Å². The van der Waals surface area contributed by atoms with Gasteiger partial charge in [-0.3, -0.25) is 0 Å². The lowest BCUT2D eigenvalue weighted by Gasteiger charge is -2.27. The van der Waals surface area contributed by atoms with E-state index in [1.807, 2.05) is 19.2 Å². The monoisotopic (exact) mass is 235 g/mol. The number of hydrogen-bond acceptors (Lipinski definition) is 2. The van der Waals surface area contributed by atoms with Crippen LogP contribution in [0, 0.1) is 11.8 Å². The summed E-state index contributed by atoms with van der Waals surface area (Å²) in [6.07, 6.45) is 12.7. The predicted molar refractivity (Wildman–Crippen MR) is 73.6 cm³/mol. The molecule has 0 amide bonds. The number of hydrogen-bond donors (Lipinski definition) is 2. The molecular weight excluding hydrogens is 210 g/mol. The predicted octanol–water partition coefficient (Wildman–Crippen LogP) is 3.02. The van der Waals surface area contributed by atoms with E-state index in [0.717, 1.165) is 12.8 Å². The Kier molecular flexibility index (Phi) is 6.06. The van der Waals surface area contributed by atoms with Gasteiger partial charge in [0.1, 0.15) is 0 Å². The van der Waals surface area contributed by atoms with E-state index >= 15 is 0 Å². The van der Waals surface area contributed by atoms with Gasteiger partial charge in [0, 0.05) is 12.6 Å². The van der Waals surface area contributed by atoms with Crippen molar-refractivity contribution in [3.63, 3.8) is 0 Å². The van der Waals surface area contributed by atoms with Gasteiger partial charge >= 0.3 is 0 Å². The SMILES string of the molecule is C/C=C\NC(C)CC(CO)C1C=CC(C)=CC1. The molecule has 3 atom stereocenters. The molecule has 0 saturated heterocycles. The maximum atomic E-state index is 9.52. The van der Waals surface area contributed by atoms with E-state index in [1.54, 1.807) is 0 Å². The van der Waals surface area contributed by atoms with Crippen molar-refractivity contribution >= 4 is 0 Å². The highest BCUT2D eigenvalue weighted by molar-refractivity contribution is 5.21. The minimum absolute atomic E-state index is 0.268. The van der Waals surface area contributed by atoms with Crippen LogP contribution in [0.5, 0.6) is 0 Å². The first-order chi connectivity index (χ1) is 8.17. The van der Waals surface area contributed by atoms with Crippen molar-refractivity contribution in [2.75, 3.05) is 6.61 Å². The van der Waals surface area contributed by atoms with Crippen LogP contribution in [-0.2, 0) is 0 Å². The van der Waals surface area contributed by atoms with E-state index < -0.39 is 0 Å². The fraction of sp³-hybridized carbons (Fsp3) is 0.600. The summed E-state index contributed by atoms with van der Waals surface area (Å²) in [5.74, 6) is 0.835. The summed E-state index contributed by atoms with van der Waals surface area (Å²) in [7, 11) is 0. The molecule has 0 radical (unpaired) electrons. The zero-order valence-corrected chi connectivity index (χ0v) is 11.2. The molecule has 2 heteroatoms. The van der Waals surface area contributed by atoms with Crippen LogP contribution in [0.2, 0.25) is 0 Å². The molecule has 0 aromatic heterocycles. The van der Waals surface area contributed by atoms with Crippen molar-refractivity contribution in [2.45, 2.75) is 39.7 Å². The third-order valence-corrected chi connectivity index (χ3v) is 3.36. The molecule has 0 saturated carbocycles. The topological polar surface area (TPSA) is 32.3 Å². The third-order valence-electron chi connectivity index (χ3n) is 3.36. The van der Waals surface area contributed by atoms with Gasteiger partial charge in [-0.2, -0.15) is 0 Å². The van der Waals surface area contributed by atoms with E-state index in [2.05, 4.69) is 37.4 Å². The molecule has 3 unspecified atom stereocenters. The fourth-order valence-electron chi connectivity index (χ4n) is 2.26. The summed E-state index contributed by atoms with van der Waals surface area (Å²) in [6, 6.07) is 0.406. The highest BCUT2D eigenvalue weighted by Crippen LogP contribution is 2.26. The molecule has 0 aliphatic heterocycles. The highest BCUT2D eigenvalue weighted by Gasteiger charge is 2.21. The number of aliphatic hydroxyl groups excluding tert-OH is 1. The maximum Gasteiger partial charge on any atom is 0.0465 e. The maximum absolute atomic E-state index is 9.52. The molecule has 17 heavy (non-hydrogen) atoms. The van der Waals surface area contributed by atoms with Gasteiger partial charge in [0.15, 0.2) is 0 Å². The number of rotatable bonds is 6. The van der Waals surface area contributed by atoms with Gasteiger partial charge in [-0.15, -0.1) is 0 Å². The number of aliphatic hydroxyl groups is 1. The van der Waals surface area contributed by atoms with Crippen LogP contribution in [0.3, 0.4) is 0 Å². The highest BCUT2D eigenvalue weighted by atomic mass is 16.3. The molecule has 0 spiro atoms. The van der Waals surface area contributed by atoms with Crippen LogP contribution >= 0.6 is 0 Å². The molecule has 1 aliphatic rings. The number of allylic oxidation sites excluding steroid dienone is 5. The Labute approximate surface area is 105 Å². The first kappa shape index (κ1) is 14.0. The summed E-state index contributed by atoms with van der Waals surface area (Å²) in [5, 5.41) is 12.8. The summed E-state index contributed by atoms with van der Waals surface area (Å²) >= 11 is 0. The zero-order chi connectivity index (χ0) is 12.7. The Morgan fingerprint density at radius 3 is 2.88 bits per heavy atom. The van der Waals surface area contributed by atoms with Crippen LogP contribution in [0.25, 0.3) is 0 Å². The molecule has 0 fully saturated rings. The normalized spacial score (nSPS) is 23.5. The van der Waals surface area contributed by atoms with Crippen LogP contribution in [0.15, 0.2) is 36.1 Å². The molecule has 1 aliphatic carbocycles. The van der Waals surface area contributed by atoms with Gasteiger partial charge in [0.2, 0.25) is 0 Å². The van der Waals surface area contributed by atoms with E-state index in [4.69, 9.17) is 0 Å². The first-order valence-corrected chi connectivity index (χ1v) is 6.50. The minimum Gasteiger partial charge on any atom is -0.396 e. The minimum atomic E-state index is 0.268. The molecule has 0 aromatic carbocycles. The third kappa shape index (κ3) is 4.78. The molecule has 0 aromatic rings. The smallest absolute Gasteiger partial charge is 0.0465 e. The lowest BCUT2D eigenvalue weighted by molar-refractivity contribution is 0.176. The molecule has 1 rings (SSSR count). The number of nitrogens with one attached hydrogen (secondary N) is 1. The van der Waals surface area contributed by atoms with Crippen molar-refractivity contribution in [1.82, 2.24) is 5.32 Å². The van der Waals surface area contributed by atoms with Gasteiger partial charge in [-0.25, -0.2) is 0 Å². The average molecular weight is 235 g/mol. The molecule has 0 heterocycles. The van der Waals surface area contributed by atoms with Crippen molar-refractivity contribution in [3.05, 3.63) is 36.1 Å². The summed E-state index contributed by atoms with van der Waals surface area (Å²) in [5.41, 5.74) is 1.33.